The van der Waals surface area contributed by atoms with Crippen molar-refractivity contribution in [2.45, 2.75) is 26.5 Å². The van der Waals surface area contributed by atoms with Crippen molar-refractivity contribution in [2.24, 2.45) is 5.73 Å². The third kappa shape index (κ3) is 4.78. The molecule has 0 spiro atoms. The maximum atomic E-state index is 12.9. The van der Waals surface area contributed by atoms with E-state index in [1.54, 1.807) is 12.1 Å². The van der Waals surface area contributed by atoms with Crippen molar-refractivity contribution in [3.8, 4) is 5.75 Å². The number of hydrogen-bond donors (Lipinski definition) is 1. The van der Waals surface area contributed by atoms with Crippen LogP contribution in [0.3, 0.4) is 0 Å². The van der Waals surface area contributed by atoms with Crippen LogP contribution < -0.4 is 10.5 Å². The van der Waals surface area contributed by atoms with E-state index in [1.165, 1.54) is 12.1 Å². The summed E-state index contributed by atoms with van der Waals surface area (Å²) in [5.74, 6) is 0.568. The standard InChI is InChI=1S/C19H25FN2O/c1-3-22(4-2)19(13-21)16-6-5-7-18(12-16)23-14-15-8-10-17(20)11-9-15/h5-12,19H,3-4,13-14,21H2,1-2H3. The topological polar surface area (TPSA) is 38.5 Å². The van der Waals surface area contributed by atoms with Crippen LogP contribution in [-0.4, -0.2) is 24.5 Å². The number of halogens is 1. The Morgan fingerprint density at radius 3 is 2.39 bits per heavy atom. The van der Waals surface area contributed by atoms with Crippen LogP contribution in [0.4, 0.5) is 4.39 Å². The lowest BCUT2D eigenvalue weighted by molar-refractivity contribution is 0.223. The van der Waals surface area contributed by atoms with Gasteiger partial charge in [-0.2, -0.15) is 0 Å². The highest BCUT2D eigenvalue weighted by Crippen LogP contribution is 2.24. The van der Waals surface area contributed by atoms with E-state index in [1.807, 2.05) is 18.2 Å². The molecule has 2 aromatic carbocycles. The molecule has 124 valence electrons. The molecule has 3 nitrogen and oxygen atoms in total. The summed E-state index contributed by atoms with van der Waals surface area (Å²) in [7, 11) is 0. The molecule has 0 amide bonds. The number of nitrogens with two attached hydrogens (primary N) is 1. The van der Waals surface area contributed by atoms with Gasteiger partial charge < -0.3 is 10.5 Å². The van der Waals surface area contributed by atoms with Crippen molar-refractivity contribution in [1.29, 1.82) is 0 Å². The molecule has 4 heteroatoms. The summed E-state index contributed by atoms with van der Waals surface area (Å²) in [5.41, 5.74) is 8.07. The molecule has 0 aliphatic carbocycles. The molecule has 2 N–H and O–H groups in total. The fourth-order valence-electron chi connectivity index (χ4n) is 2.72. The summed E-state index contributed by atoms with van der Waals surface area (Å²) in [6, 6.07) is 14.6. The average Bonchev–Trinajstić information content (AvgIpc) is 2.59. The first-order chi connectivity index (χ1) is 11.2. The molecule has 1 atom stereocenters. The van der Waals surface area contributed by atoms with Crippen LogP contribution in [0.2, 0.25) is 0 Å². The van der Waals surface area contributed by atoms with Gasteiger partial charge in [-0.1, -0.05) is 38.1 Å². The van der Waals surface area contributed by atoms with Crippen molar-refractivity contribution >= 4 is 0 Å². The highest BCUT2D eigenvalue weighted by molar-refractivity contribution is 5.31. The second kappa shape index (κ2) is 8.65. The van der Waals surface area contributed by atoms with Crippen LogP contribution >= 0.6 is 0 Å². The summed E-state index contributed by atoms with van der Waals surface area (Å²) < 4.78 is 18.7. The smallest absolute Gasteiger partial charge is 0.123 e. The zero-order valence-electron chi connectivity index (χ0n) is 13.8. The molecule has 23 heavy (non-hydrogen) atoms. The fourth-order valence-corrected chi connectivity index (χ4v) is 2.72. The van der Waals surface area contributed by atoms with Crippen molar-refractivity contribution in [3.63, 3.8) is 0 Å². The summed E-state index contributed by atoms with van der Waals surface area (Å²) in [5, 5.41) is 0. The lowest BCUT2D eigenvalue weighted by Gasteiger charge is -2.29. The molecule has 0 saturated heterocycles. The normalized spacial score (nSPS) is 12.4. The zero-order chi connectivity index (χ0) is 16.7. The van der Waals surface area contributed by atoms with E-state index in [2.05, 4.69) is 24.8 Å². The second-order valence-corrected chi connectivity index (χ2v) is 5.46. The maximum absolute atomic E-state index is 12.9. The highest BCUT2D eigenvalue weighted by atomic mass is 19.1. The molecule has 0 saturated carbocycles. The fraction of sp³-hybridized carbons (Fsp3) is 0.368. The number of likely N-dealkylation sites (N-methyl/N-ethyl adjacent to an activating group) is 1. The van der Waals surface area contributed by atoms with Crippen molar-refractivity contribution < 1.29 is 9.13 Å². The van der Waals surface area contributed by atoms with Crippen LogP contribution in [0.25, 0.3) is 0 Å². The van der Waals surface area contributed by atoms with Gasteiger partial charge in [0.1, 0.15) is 18.2 Å². The minimum atomic E-state index is -0.235. The zero-order valence-corrected chi connectivity index (χ0v) is 13.8. The summed E-state index contributed by atoms with van der Waals surface area (Å²) >= 11 is 0. The largest absolute Gasteiger partial charge is 0.489 e. The molecule has 0 fully saturated rings. The van der Waals surface area contributed by atoms with Gasteiger partial charge in [-0.3, -0.25) is 4.90 Å². The van der Waals surface area contributed by atoms with Crippen molar-refractivity contribution in [3.05, 3.63) is 65.5 Å². The van der Waals surface area contributed by atoms with Gasteiger partial charge in [0.25, 0.3) is 0 Å². The van der Waals surface area contributed by atoms with Gasteiger partial charge in [-0.15, -0.1) is 0 Å². The van der Waals surface area contributed by atoms with E-state index < -0.39 is 0 Å². The Balaban J connectivity index is 2.07. The van der Waals surface area contributed by atoms with Crippen molar-refractivity contribution in [2.75, 3.05) is 19.6 Å². The summed E-state index contributed by atoms with van der Waals surface area (Å²) in [6.07, 6.45) is 0. The Bertz CT molecular complexity index is 597. The van der Waals surface area contributed by atoms with Gasteiger partial charge in [0.05, 0.1) is 0 Å². The molecule has 2 rings (SSSR count). The third-order valence-corrected chi connectivity index (χ3v) is 4.04. The first-order valence-electron chi connectivity index (χ1n) is 8.09. The van der Waals surface area contributed by atoms with Gasteiger partial charge in [0.15, 0.2) is 0 Å². The number of nitrogens with zero attached hydrogens (tertiary/aromatic N) is 1. The third-order valence-electron chi connectivity index (χ3n) is 4.04. The first-order valence-corrected chi connectivity index (χ1v) is 8.09. The number of ether oxygens (including phenoxy) is 1. The van der Waals surface area contributed by atoms with Gasteiger partial charge >= 0.3 is 0 Å². The van der Waals surface area contributed by atoms with Crippen LogP contribution in [0.5, 0.6) is 5.75 Å². The quantitative estimate of drug-likeness (QED) is 0.806. The first kappa shape index (κ1) is 17.4. The molecule has 0 aliphatic heterocycles. The maximum Gasteiger partial charge on any atom is 0.123 e. The predicted molar refractivity (Wildman–Crippen MR) is 91.9 cm³/mol. The van der Waals surface area contributed by atoms with E-state index in [-0.39, 0.29) is 11.9 Å². The molecular weight excluding hydrogens is 291 g/mol. The van der Waals surface area contributed by atoms with E-state index in [0.717, 1.165) is 30.0 Å². The minimum Gasteiger partial charge on any atom is -0.489 e. The molecular formula is C19H25FN2O. The van der Waals surface area contributed by atoms with Crippen LogP contribution in [0.15, 0.2) is 48.5 Å². The predicted octanol–water partition coefficient (Wildman–Crippen LogP) is 3.75. The number of benzene rings is 2. The molecule has 0 aliphatic rings. The van der Waals surface area contributed by atoms with E-state index in [9.17, 15) is 4.39 Å². The van der Waals surface area contributed by atoms with Crippen LogP contribution in [-0.2, 0) is 6.61 Å². The van der Waals surface area contributed by atoms with E-state index in [4.69, 9.17) is 10.5 Å². The number of rotatable bonds is 8. The van der Waals surface area contributed by atoms with Crippen LogP contribution in [0, 0.1) is 5.82 Å². The monoisotopic (exact) mass is 316 g/mol. The van der Waals surface area contributed by atoms with E-state index in [0.29, 0.717) is 13.2 Å². The minimum absolute atomic E-state index is 0.194. The average molecular weight is 316 g/mol. The van der Waals surface area contributed by atoms with Crippen LogP contribution in [0.1, 0.15) is 31.0 Å². The van der Waals surface area contributed by atoms with Gasteiger partial charge in [0, 0.05) is 12.6 Å². The molecule has 0 aromatic heterocycles. The molecule has 2 aromatic rings. The summed E-state index contributed by atoms with van der Waals surface area (Å²) in [6.45, 7) is 7.19. The Morgan fingerprint density at radius 2 is 1.78 bits per heavy atom. The molecule has 0 heterocycles. The lowest BCUT2D eigenvalue weighted by Crippen LogP contribution is -2.33. The molecule has 0 bridgehead atoms. The Kier molecular flexibility index (Phi) is 6.56. The van der Waals surface area contributed by atoms with E-state index >= 15 is 0 Å². The van der Waals surface area contributed by atoms with Gasteiger partial charge in [0.2, 0.25) is 0 Å². The van der Waals surface area contributed by atoms with Crippen molar-refractivity contribution in [1.82, 2.24) is 4.90 Å². The Morgan fingerprint density at radius 1 is 1.09 bits per heavy atom. The molecule has 1 unspecified atom stereocenters. The number of hydrogen-bond acceptors (Lipinski definition) is 3. The SMILES string of the molecule is CCN(CC)C(CN)c1cccc(OCc2ccc(F)cc2)c1. The Hall–Kier alpha value is -1.91. The van der Waals surface area contributed by atoms with Gasteiger partial charge in [-0.05, 0) is 48.5 Å². The lowest BCUT2D eigenvalue weighted by atomic mass is 10.0. The summed E-state index contributed by atoms with van der Waals surface area (Å²) in [4.78, 5) is 2.33. The highest BCUT2D eigenvalue weighted by Gasteiger charge is 2.16. The molecule has 0 radical (unpaired) electrons. The second-order valence-electron chi connectivity index (χ2n) is 5.46. The Labute approximate surface area is 137 Å². The van der Waals surface area contributed by atoms with Gasteiger partial charge in [-0.25, -0.2) is 4.39 Å².